The molecule has 2 aromatic carbocycles. The Balaban J connectivity index is 2.07. The van der Waals surface area contributed by atoms with Crippen LogP contribution in [-0.2, 0) is 0 Å². The number of hydrogen-bond donors (Lipinski definition) is 1. The molecule has 0 bridgehead atoms. The standard InChI is InChI=1S/C18H16O5/c1-10-7-12(19)16-14(8-10)23-15(17(16)20)9-11-5-4-6-13(21-2)18(11)22-3/h4-9,19H,1-3H3/b15-9-. The number of benzene rings is 2. The van der Waals surface area contributed by atoms with Crippen molar-refractivity contribution in [1.29, 1.82) is 0 Å². The summed E-state index contributed by atoms with van der Waals surface area (Å²) in [7, 11) is 3.07. The van der Waals surface area contributed by atoms with Gasteiger partial charge >= 0.3 is 0 Å². The number of carbonyl (C=O) groups excluding carboxylic acids is 1. The zero-order chi connectivity index (χ0) is 16.6. The second kappa shape index (κ2) is 5.68. The van der Waals surface area contributed by atoms with Crippen LogP contribution in [0.5, 0.6) is 23.0 Å². The first kappa shape index (κ1) is 15.0. The summed E-state index contributed by atoms with van der Waals surface area (Å²) >= 11 is 0. The van der Waals surface area contributed by atoms with E-state index in [0.717, 1.165) is 5.56 Å². The molecule has 0 amide bonds. The number of rotatable bonds is 3. The lowest BCUT2D eigenvalue weighted by molar-refractivity contribution is 0.101. The van der Waals surface area contributed by atoms with Crippen molar-refractivity contribution >= 4 is 11.9 Å². The summed E-state index contributed by atoms with van der Waals surface area (Å²) in [6.45, 7) is 1.82. The summed E-state index contributed by atoms with van der Waals surface area (Å²) in [4.78, 5) is 12.5. The number of aromatic hydroxyl groups is 1. The molecule has 0 fully saturated rings. The third-order valence-electron chi connectivity index (χ3n) is 3.62. The molecule has 0 spiro atoms. The Morgan fingerprint density at radius 3 is 2.65 bits per heavy atom. The maximum Gasteiger partial charge on any atom is 0.235 e. The van der Waals surface area contributed by atoms with Gasteiger partial charge in [-0.2, -0.15) is 0 Å². The lowest BCUT2D eigenvalue weighted by Crippen LogP contribution is -1.99. The third-order valence-corrected chi connectivity index (χ3v) is 3.62. The molecule has 0 saturated heterocycles. The van der Waals surface area contributed by atoms with E-state index >= 15 is 0 Å². The van der Waals surface area contributed by atoms with E-state index in [1.54, 1.807) is 37.5 Å². The van der Waals surface area contributed by atoms with Gasteiger partial charge in [-0.25, -0.2) is 0 Å². The second-order valence-electron chi connectivity index (χ2n) is 5.18. The number of ketones is 1. The molecular formula is C18H16O5. The van der Waals surface area contributed by atoms with Crippen molar-refractivity contribution in [2.75, 3.05) is 14.2 Å². The highest BCUT2D eigenvalue weighted by molar-refractivity contribution is 6.16. The van der Waals surface area contributed by atoms with E-state index < -0.39 is 0 Å². The van der Waals surface area contributed by atoms with Gasteiger partial charge in [0.05, 0.1) is 14.2 Å². The molecule has 0 unspecified atom stereocenters. The minimum Gasteiger partial charge on any atom is -0.507 e. The van der Waals surface area contributed by atoms with Gasteiger partial charge in [-0.05, 0) is 36.8 Å². The molecule has 1 aliphatic rings. The van der Waals surface area contributed by atoms with Gasteiger partial charge in [-0.15, -0.1) is 0 Å². The number of hydrogen-bond acceptors (Lipinski definition) is 5. The average Bonchev–Trinajstić information content (AvgIpc) is 2.83. The molecule has 1 N–H and O–H groups in total. The molecule has 1 heterocycles. The van der Waals surface area contributed by atoms with E-state index in [1.165, 1.54) is 13.2 Å². The van der Waals surface area contributed by atoms with Crippen LogP contribution >= 0.6 is 0 Å². The summed E-state index contributed by atoms with van der Waals surface area (Å²) in [5.41, 5.74) is 1.65. The van der Waals surface area contributed by atoms with Crippen molar-refractivity contribution < 1.29 is 24.1 Å². The molecule has 3 rings (SSSR count). The number of allylic oxidation sites excluding steroid dienone is 1. The van der Waals surface area contributed by atoms with E-state index in [2.05, 4.69) is 0 Å². The average molecular weight is 312 g/mol. The van der Waals surface area contributed by atoms with Crippen molar-refractivity contribution in [1.82, 2.24) is 0 Å². The maximum absolute atomic E-state index is 12.5. The summed E-state index contributed by atoms with van der Waals surface area (Å²) in [5, 5.41) is 9.98. The Morgan fingerprint density at radius 2 is 1.96 bits per heavy atom. The first-order valence-electron chi connectivity index (χ1n) is 7.04. The second-order valence-corrected chi connectivity index (χ2v) is 5.18. The van der Waals surface area contributed by atoms with Crippen LogP contribution in [0.4, 0.5) is 0 Å². The van der Waals surface area contributed by atoms with Gasteiger partial charge in [0.25, 0.3) is 0 Å². The zero-order valence-electron chi connectivity index (χ0n) is 13.0. The zero-order valence-corrected chi connectivity index (χ0v) is 13.0. The summed E-state index contributed by atoms with van der Waals surface area (Å²) in [5.74, 6) is 1.13. The quantitative estimate of drug-likeness (QED) is 0.881. The Morgan fingerprint density at radius 1 is 1.17 bits per heavy atom. The number of carbonyl (C=O) groups is 1. The fraction of sp³-hybridized carbons (Fsp3) is 0.167. The van der Waals surface area contributed by atoms with Crippen molar-refractivity contribution in [2.24, 2.45) is 0 Å². The van der Waals surface area contributed by atoms with Gasteiger partial charge in [0.2, 0.25) is 5.78 Å². The van der Waals surface area contributed by atoms with Crippen LogP contribution in [0, 0.1) is 6.92 Å². The van der Waals surface area contributed by atoms with Crippen LogP contribution in [-0.4, -0.2) is 25.1 Å². The molecule has 0 aliphatic carbocycles. The summed E-state index contributed by atoms with van der Waals surface area (Å²) < 4.78 is 16.2. The highest BCUT2D eigenvalue weighted by atomic mass is 16.5. The van der Waals surface area contributed by atoms with Crippen molar-refractivity contribution in [3.05, 3.63) is 52.8 Å². The monoisotopic (exact) mass is 312 g/mol. The summed E-state index contributed by atoms with van der Waals surface area (Å²) in [6, 6.07) is 8.61. The fourth-order valence-corrected chi connectivity index (χ4v) is 2.59. The molecule has 0 radical (unpaired) electrons. The van der Waals surface area contributed by atoms with Crippen LogP contribution in [0.25, 0.3) is 6.08 Å². The number of para-hydroxylation sites is 1. The Bertz CT molecular complexity index is 820. The minimum atomic E-state index is -0.359. The van der Waals surface area contributed by atoms with Gasteiger partial charge in [0, 0.05) is 5.56 Å². The lowest BCUT2D eigenvalue weighted by Gasteiger charge is -2.10. The van der Waals surface area contributed by atoms with E-state index in [-0.39, 0.29) is 22.9 Å². The van der Waals surface area contributed by atoms with Gasteiger partial charge in [-0.3, -0.25) is 4.79 Å². The van der Waals surface area contributed by atoms with Crippen molar-refractivity contribution in [2.45, 2.75) is 6.92 Å². The first-order chi connectivity index (χ1) is 11.0. The topological polar surface area (TPSA) is 65.0 Å². The molecule has 118 valence electrons. The highest BCUT2D eigenvalue weighted by Gasteiger charge is 2.31. The third kappa shape index (κ3) is 2.50. The Hall–Kier alpha value is -2.95. The molecule has 5 nitrogen and oxygen atoms in total. The van der Waals surface area contributed by atoms with E-state index in [0.29, 0.717) is 22.8 Å². The normalized spacial score (nSPS) is 14.6. The number of Topliss-reactive ketones (excluding diaryl/α,β-unsaturated/α-hetero) is 1. The molecule has 23 heavy (non-hydrogen) atoms. The van der Waals surface area contributed by atoms with Gasteiger partial charge in [-0.1, -0.05) is 12.1 Å². The Kier molecular flexibility index (Phi) is 3.70. The van der Waals surface area contributed by atoms with Crippen molar-refractivity contribution in [3.8, 4) is 23.0 Å². The van der Waals surface area contributed by atoms with Crippen LogP contribution < -0.4 is 14.2 Å². The SMILES string of the molecule is COc1cccc(/C=C2\Oc3cc(C)cc(O)c3C2=O)c1OC. The maximum atomic E-state index is 12.5. The van der Waals surface area contributed by atoms with Crippen LogP contribution in [0.15, 0.2) is 36.1 Å². The molecule has 0 atom stereocenters. The van der Waals surface area contributed by atoms with Crippen LogP contribution in [0.1, 0.15) is 21.5 Å². The number of ether oxygens (including phenoxy) is 3. The summed E-state index contributed by atoms with van der Waals surface area (Å²) in [6.07, 6.45) is 1.58. The lowest BCUT2D eigenvalue weighted by atomic mass is 10.1. The van der Waals surface area contributed by atoms with Gasteiger partial charge < -0.3 is 19.3 Å². The highest BCUT2D eigenvalue weighted by Crippen LogP contribution is 2.40. The predicted octanol–water partition coefficient (Wildman–Crippen LogP) is 3.33. The number of aryl methyl sites for hydroxylation is 1. The molecule has 5 heteroatoms. The molecular weight excluding hydrogens is 296 g/mol. The van der Waals surface area contributed by atoms with E-state index in [4.69, 9.17) is 14.2 Å². The minimum absolute atomic E-state index is 0.0778. The Labute approximate surface area is 133 Å². The number of phenolic OH excluding ortho intramolecular Hbond substituents is 1. The van der Waals surface area contributed by atoms with Crippen molar-refractivity contribution in [3.63, 3.8) is 0 Å². The number of phenols is 1. The number of fused-ring (bicyclic) bond motifs is 1. The van der Waals surface area contributed by atoms with Gasteiger partial charge in [0.1, 0.15) is 17.1 Å². The molecule has 2 aromatic rings. The fourth-order valence-electron chi connectivity index (χ4n) is 2.59. The molecule has 0 saturated carbocycles. The van der Waals surface area contributed by atoms with E-state index in [9.17, 15) is 9.90 Å². The number of methoxy groups -OCH3 is 2. The smallest absolute Gasteiger partial charge is 0.235 e. The molecule has 0 aromatic heterocycles. The predicted molar refractivity (Wildman–Crippen MR) is 85.3 cm³/mol. The first-order valence-corrected chi connectivity index (χ1v) is 7.04. The molecule has 1 aliphatic heterocycles. The largest absolute Gasteiger partial charge is 0.507 e. The van der Waals surface area contributed by atoms with Crippen LogP contribution in [0.3, 0.4) is 0 Å². The van der Waals surface area contributed by atoms with E-state index in [1.807, 2.05) is 6.92 Å². The van der Waals surface area contributed by atoms with Crippen LogP contribution in [0.2, 0.25) is 0 Å². The van der Waals surface area contributed by atoms with Gasteiger partial charge in [0.15, 0.2) is 17.3 Å².